The van der Waals surface area contributed by atoms with E-state index in [2.05, 4.69) is 17.3 Å². The average molecular weight is 424 g/mol. The van der Waals surface area contributed by atoms with Gasteiger partial charge in [-0.1, -0.05) is 18.2 Å². The van der Waals surface area contributed by atoms with Crippen LogP contribution in [-0.4, -0.2) is 66.0 Å². The third-order valence-corrected chi connectivity index (χ3v) is 6.32. The predicted octanol–water partition coefficient (Wildman–Crippen LogP) is 2.99. The summed E-state index contributed by atoms with van der Waals surface area (Å²) in [6.45, 7) is 5.78. The molecule has 0 spiro atoms. The van der Waals surface area contributed by atoms with Crippen LogP contribution in [0.1, 0.15) is 47.8 Å². The van der Waals surface area contributed by atoms with Gasteiger partial charge in [-0.3, -0.25) is 4.79 Å². The minimum atomic E-state index is 0.143. The molecular weight excluding hydrogens is 390 g/mol. The summed E-state index contributed by atoms with van der Waals surface area (Å²) >= 11 is 0. The van der Waals surface area contributed by atoms with E-state index < -0.39 is 0 Å². The Kier molecular flexibility index (Phi) is 6.70. The molecule has 2 aromatic rings. The zero-order valence-corrected chi connectivity index (χ0v) is 18.9. The Bertz CT molecular complexity index is 932. The number of piperidine rings is 1. The van der Waals surface area contributed by atoms with Gasteiger partial charge in [-0.25, -0.2) is 9.97 Å². The Morgan fingerprint density at radius 1 is 1.26 bits per heavy atom. The van der Waals surface area contributed by atoms with Gasteiger partial charge >= 0.3 is 0 Å². The molecule has 4 rings (SSSR count). The highest BCUT2D eigenvalue weighted by atomic mass is 16.5. The summed E-state index contributed by atoms with van der Waals surface area (Å²) in [5.74, 6) is 2.98. The Hall–Kier alpha value is -2.67. The van der Waals surface area contributed by atoms with Crippen LogP contribution in [-0.2, 0) is 17.8 Å². The van der Waals surface area contributed by atoms with E-state index in [9.17, 15) is 4.79 Å². The molecule has 1 saturated heterocycles. The molecule has 0 unspecified atom stereocenters. The van der Waals surface area contributed by atoms with E-state index in [1.807, 2.05) is 43.1 Å². The smallest absolute Gasteiger partial charge is 0.226 e. The topological polar surface area (TPSA) is 70.6 Å². The molecule has 2 aliphatic rings. The van der Waals surface area contributed by atoms with Crippen molar-refractivity contribution < 1.29 is 9.53 Å². The van der Waals surface area contributed by atoms with E-state index in [4.69, 9.17) is 14.7 Å². The third-order valence-electron chi connectivity index (χ3n) is 6.32. The summed E-state index contributed by atoms with van der Waals surface area (Å²) < 4.78 is 5.83. The number of anilines is 1. The lowest BCUT2D eigenvalue weighted by molar-refractivity contribution is -0.133. The first kappa shape index (κ1) is 21.6. The fourth-order valence-corrected chi connectivity index (χ4v) is 4.51. The summed E-state index contributed by atoms with van der Waals surface area (Å²) in [7, 11) is 4.06. The number of nitrogens with one attached hydrogen (secondary N) is 1. The van der Waals surface area contributed by atoms with E-state index in [1.54, 1.807) is 0 Å². The van der Waals surface area contributed by atoms with Crippen LogP contribution >= 0.6 is 0 Å². The number of carbonyl (C=O) groups excluding carboxylic acids is 1. The predicted molar refractivity (Wildman–Crippen MR) is 121 cm³/mol. The standard InChI is InChI=1S/C24H33N5O2/c1-17-7-4-5-9-21(17)31-14-11-22(30)29-12-6-8-18(15-29)23-26-20-16-28(3)13-10-19(20)24(25-2)27-23/h4-5,7,9,18H,6,8,10-16H2,1-3H3,(H,25,26,27)/t18-/m0/s1. The van der Waals surface area contributed by atoms with Crippen molar-refractivity contribution in [2.75, 3.05) is 45.7 Å². The zero-order chi connectivity index (χ0) is 21.8. The fraction of sp³-hybridized carbons (Fsp3) is 0.542. The summed E-state index contributed by atoms with van der Waals surface area (Å²) in [5, 5.41) is 3.26. The van der Waals surface area contributed by atoms with Crippen molar-refractivity contribution in [1.82, 2.24) is 19.8 Å². The number of ether oxygens (including phenoxy) is 1. The number of hydrogen-bond donors (Lipinski definition) is 1. The van der Waals surface area contributed by atoms with Crippen LogP contribution in [0, 0.1) is 6.92 Å². The number of para-hydroxylation sites is 1. The molecule has 0 saturated carbocycles. The lowest BCUT2D eigenvalue weighted by Crippen LogP contribution is -2.40. The van der Waals surface area contributed by atoms with Crippen molar-refractivity contribution in [2.24, 2.45) is 0 Å². The van der Waals surface area contributed by atoms with Crippen LogP contribution in [0.3, 0.4) is 0 Å². The molecule has 1 aromatic heterocycles. The number of aromatic nitrogens is 2. The number of rotatable bonds is 6. The maximum atomic E-state index is 12.8. The highest BCUT2D eigenvalue weighted by Gasteiger charge is 2.29. The molecule has 166 valence electrons. The highest BCUT2D eigenvalue weighted by Crippen LogP contribution is 2.29. The molecule has 3 heterocycles. The Balaban J connectivity index is 1.39. The molecule has 1 atom stereocenters. The first-order valence-electron chi connectivity index (χ1n) is 11.3. The molecule has 1 aromatic carbocycles. The first-order valence-corrected chi connectivity index (χ1v) is 11.3. The van der Waals surface area contributed by atoms with Crippen LogP contribution < -0.4 is 10.1 Å². The van der Waals surface area contributed by atoms with Gasteiger partial charge in [-0.05, 0) is 44.9 Å². The van der Waals surface area contributed by atoms with Gasteiger partial charge in [0.15, 0.2) is 0 Å². The van der Waals surface area contributed by atoms with Crippen molar-refractivity contribution in [3.05, 3.63) is 46.9 Å². The van der Waals surface area contributed by atoms with Gasteiger partial charge < -0.3 is 19.9 Å². The van der Waals surface area contributed by atoms with Gasteiger partial charge in [0.2, 0.25) is 5.91 Å². The molecule has 1 amide bonds. The number of hydrogen-bond acceptors (Lipinski definition) is 6. The van der Waals surface area contributed by atoms with Gasteiger partial charge in [0.05, 0.1) is 18.7 Å². The zero-order valence-electron chi connectivity index (χ0n) is 18.9. The second-order valence-electron chi connectivity index (χ2n) is 8.64. The van der Waals surface area contributed by atoms with Crippen molar-refractivity contribution in [3.63, 3.8) is 0 Å². The van der Waals surface area contributed by atoms with Gasteiger partial charge in [0.1, 0.15) is 17.4 Å². The molecular formula is C24H33N5O2. The lowest BCUT2D eigenvalue weighted by Gasteiger charge is -2.33. The van der Waals surface area contributed by atoms with E-state index >= 15 is 0 Å². The number of aryl methyl sites for hydroxylation is 1. The van der Waals surface area contributed by atoms with Gasteiger partial charge in [-0.2, -0.15) is 0 Å². The summed E-state index contributed by atoms with van der Waals surface area (Å²) in [5.41, 5.74) is 3.45. The monoisotopic (exact) mass is 423 g/mol. The minimum Gasteiger partial charge on any atom is -0.493 e. The second kappa shape index (κ2) is 9.64. The summed E-state index contributed by atoms with van der Waals surface area (Å²) in [4.78, 5) is 26.9. The van der Waals surface area contributed by atoms with Crippen LogP contribution in [0.25, 0.3) is 0 Å². The highest BCUT2D eigenvalue weighted by molar-refractivity contribution is 5.76. The molecule has 0 bridgehead atoms. The SMILES string of the molecule is CNc1nc([C@H]2CCCN(C(=O)CCOc3ccccc3C)C2)nc2c1CCN(C)C2. The molecule has 1 N–H and O–H groups in total. The molecule has 1 fully saturated rings. The van der Waals surface area contributed by atoms with Gasteiger partial charge in [0, 0.05) is 44.7 Å². The van der Waals surface area contributed by atoms with Crippen molar-refractivity contribution >= 4 is 11.7 Å². The molecule has 0 aliphatic carbocycles. The van der Waals surface area contributed by atoms with Crippen molar-refractivity contribution in [3.8, 4) is 5.75 Å². The number of fused-ring (bicyclic) bond motifs is 1. The Morgan fingerprint density at radius 2 is 2.10 bits per heavy atom. The largest absolute Gasteiger partial charge is 0.493 e. The number of carbonyl (C=O) groups is 1. The molecule has 2 aliphatic heterocycles. The number of likely N-dealkylation sites (N-methyl/N-ethyl adjacent to an activating group) is 1. The normalized spacial score (nSPS) is 19.1. The number of amides is 1. The van der Waals surface area contributed by atoms with Gasteiger partial charge in [-0.15, -0.1) is 0 Å². The average Bonchev–Trinajstić information content (AvgIpc) is 2.79. The number of nitrogens with zero attached hydrogens (tertiary/aromatic N) is 4. The van der Waals surface area contributed by atoms with Gasteiger partial charge in [0.25, 0.3) is 0 Å². The quantitative estimate of drug-likeness (QED) is 0.770. The van der Waals surface area contributed by atoms with E-state index in [0.717, 1.165) is 67.5 Å². The Morgan fingerprint density at radius 3 is 2.90 bits per heavy atom. The van der Waals surface area contributed by atoms with E-state index in [1.165, 1.54) is 5.56 Å². The summed E-state index contributed by atoms with van der Waals surface area (Å²) in [6, 6.07) is 7.90. The molecule has 7 nitrogen and oxygen atoms in total. The second-order valence-corrected chi connectivity index (χ2v) is 8.64. The van der Waals surface area contributed by atoms with E-state index in [0.29, 0.717) is 19.6 Å². The van der Waals surface area contributed by atoms with Crippen molar-refractivity contribution in [1.29, 1.82) is 0 Å². The fourth-order valence-electron chi connectivity index (χ4n) is 4.51. The number of benzene rings is 1. The minimum absolute atomic E-state index is 0.143. The molecule has 31 heavy (non-hydrogen) atoms. The van der Waals surface area contributed by atoms with Crippen LogP contribution in [0.5, 0.6) is 5.75 Å². The molecule has 0 radical (unpaired) electrons. The maximum Gasteiger partial charge on any atom is 0.226 e. The maximum absolute atomic E-state index is 12.8. The molecule has 7 heteroatoms. The van der Waals surface area contributed by atoms with Crippen molar-refractivity contribution in [2.45, 2.75) is 45.1 Å². The van der Waals surface area contributed by atoms with E-state index in [-0.39, 0.29) is 11.8 Å². The number of likely N-dealkylation sites (tertiary alicyclic amines) is 1. The summed E-state index contributed by atoms with van der Waals surface area (Å²) in [6.07, 6.45) is 3.35. The third kappa shape index (κ3) is 4.98. The first-order chi connectivity index (χ1) is 15.0. The Labute approximate surface area is 184 Å². The van der Waals surface area contributed by atoms with Crippen LogP contribution in [0.15, 0.2) is 24.3 Å². The van der Waals surface area contributed by atoms with Crippen LogP contribution in [0.2, 0.25) is 0 Å². The van der Waals surface area contributed by atoms with Crippen LogP contribution in [0.4, 0.5) is 5.82 Å². The lowest BCUT2D eigenvalue weighted by atomic mass is 9.96.